The minimum atomic E-state index is -0.267. The van der Waals surface area contributed by atoms with Crippen molar-refractivity contribution in [2.45, 2.75) is 13.0 Å². The van der Waals surface area contributed by atoms with Gasteiger partial charge in [-0.3, -0.25) is 4.79 Å². The molecule has 1 aromatic carbocycles. The maximum atomic E-state index is 12.3. The first-order valence-electron chi connectivity index (χ1n) is 5.58. The number of aliphatic hydroxyl groups excluding tert-OH is 1. The molecule has 0 saturated heterocycles. The van der Waals surface area contributed by atoms with Gasteiger partial charge in [0.05, 0.1) is 12.6 Å². The Morgan fingerprint density at radius 1 is 1.44 bits per heavy atom. The van der Waals surface area contributed by atoms with Crippen molar-refractivity contribution < 1.29 is 9.90 Å². The molecule has 0 saturated carbocycles. The Kier molecular flexibility index (Phi) is 3.95. The van der Waals surface area contributed by atoms with Crippen LogP contribution in [0.15, 0.2) is 24.3 Å². The van der Waals surface area contributed by atoms with Gasteiger partial charge in [-0.15, -0.1) is 0 Å². The summed E-state index contributed by atoms with van der Waals surface area (Å²) in [6.45, 7) is 2.20. The van der Waals surface area contributed by atoms with Crippen LogP contribution in [-0.2, 0) is 0 Å². The van der Waals surface area contributed by atoms with Crippen molar-refractivity contribution in [2.75, 3.05) is 13.2 Å². The minimum Gasteiger partial charge on any atom is -0.394 e. The maximum Gasteiger partial charge on any atom is 0.254 e. The van der Waals surface area contributed by atoms with E-state index in [1.54, 1.807) is 24.0 Å². The van der Waals surface area contributed by atoms with Crippen molar-refractivity contribution in [3.8, 4) is 0 Å². The molecule has 1 aliphatic rings. The van der Waals surface area contributed by atoms with Crippen LogP contribution in [0.5, 0.6) is 0 Å². The van der Waals surface area contributed by atoms with Gasteiger partial charge in [0.1, 0.15) is 0 Å². The molecule has 1 atom stereocenters. The lowest BCUT2D eigenvalue weighted by Gasteiger charge is -2.23. The Morgan fingerprint density at radius 2 is 2.06 bits per heavy atom. The van der Waals surface area contributed by atoms with Gasteiger partial charge in [0.2, 0.25) is 0 Å². The zero-order valence-electron chi connectivity index (χ0n) is 9.86. The van der Waals surface area contributed by atoms with E-state index in [-0.39, 0.29) is 18.6 Å². The lowest BCUT2D eigenvalue weighted by Crippen LogP contribution is -2.38. The van der Waals surface area contributed by atoms with Crippen LogP contribution in [-0.4, -0.2) is 35.1 Å². The molecule has 0 bridgehead atoms. The second kappa shape index (κ2) is 5.31. The number of nitrogens with zero attached hydrogens (tertiary/aromatic N) is 1. The molecule has 1 aromatic rings. The van der Waals surface area contributed by atoms with Crippen LogP contribution in [0.2, 0.25) is 10.0 Å². The molecule has 1 heterocycles. The SMILES string of the molecule is Cc1c(Cl)cc(C(=O)N2CC=CC2CO)cc1Cl. The Labute approximate surface area is 116 Å². The summed E-state index contributed by atoms with van der Waals surface area (Å²) in [5.41, 5.74) is 1.20. The summed E-state index contributed by atoms with van der Waals surface area (Å²) in [6, 6.07) is 2.95. The first-order valence-corrected chi connectivity index (χ1v) is 6.34. The highest BCUT2D eigenvalue weighted by atomic mass is 35.5. The number of hydrogen-bond donors (Lipinski definition) is 1. The average Bonchev–Trinajstić information content (AvgIpc) is 2.82. The molecule has 18 heavy (non-hydrogen) atoms. The number of aliphatic hydroxyl groups is 1. The molecular formula is C13H13Cl2NO2. The molecule has 2 rings (SSSR count). The number of hydrogen-bond acceptors (Lipinski definition) is 2. The van der Waals surface area contributed by atoms with Crippen molar-refractivity contribution in [3.63, 3.8) is 0 Å². The molecule has 1 unspecified atom stereocenters. The van der Waals surface area contributed by atoms with Gasteiger partial charge in [-0.25, -0.2) is 0 Å². The zero-order chi connectivity index (χ0) is 13.3. The molecule has 96 valence electrons. The third-order valence-corrected chi connectivity index (χ3v) is 3.82. The fourth-order valence-corrected chi connectivity index (χ4v) is 2.39. The maximum absolute atomic E-state index is 12.3. The van der Waals surface area contributed by atoms with Crippen LogP contribution in [0.1, 0.15) is 15.9 Å². The van der Waals surface area contributed by atoms with Crippen LogP contribution >= 0.6 is 23.2 Å². The Bertz CT molecular complexity index is 491. The highest BCUT2D eigenvalue weighted by Gasteiger charge is 2.25. The Morgan fingerprint density at radius 3 is 2.61 bits per heavy atom. The third kappa shape index (κ3) is 2.39. The number of amides is 1. The van der Waals surface area contributed by atoms with E-state index in [0.29, 0.717) is 22.2 Å². The van der Waals surface area contributed by atoms with E-state index in [4.69, 9.17) is 23.2 Å². The normalized spacial score (nSPS) is 18.4. The number of benzene rings is 1. The zero-order valence-corrected chi connectivity index (χ0v) is 11.4. The standard InChI is InChI=1S/C13H13Cl2NO2/c1-8-11(14)5-9(6-12(8)15)13(18)16-4-2-3-10(16)7-17/h2-3,5-6,10,17H,4,7H2,1H3. The molecule has 1 N–H and O–H groups in total. The minimum absolute atomic E-state index is 0.0877. The monoisotopic (exact) mass is 285 g/mol. The summed E-state index contributed by atoms with van der Waals surface area (Å²) in [5.74, 6) is -0.178. The highest BCUT2D eigenvalue weighted by Crippen LogP contribution is 2.27. The Hall–Kier alpha value is -1.03. The van der Waals surface area contributed by atoms with Crippen LogP contribution in [0.25, 0.3) is 0 Å². The lowest BCUT2D eigenvalue weighted by atomic mass is 10.1. The summed E-state index contributed by atoms with van der Waals surface area (Å²) in [5, 5.41) is 10.1. The van der Waals surface area contributed by atoms with Crippen molar-refractivity contribution in [3.05, 3.63) is 45.5 Å². The predicted octanol–water partition coefficient (Wildman–Crippen LogP) is 2.67. The highest BCUT2D eigenvalue weighted by molar-refractivity contribution is 6.36. The largest absolute Gasteiger partial charge is 0.394 e. The van der Waals surface area contributed by atoms with E-state index in [9.17, 15) is 9.90 Å². The summed E-state index contributed by atoms with van der Waals surface area (Å²) in [7, 11) is 0. The van der Waals surface area contributed by atoms with E-state index >= 15 is 0 Å². The van der Waals surface area contributed by atoms with E-state index in [1.165, 1.54) is 0 Å². The lowest BCUT2D eigenvalue weighted by molar-refractivity contribution is 0.0700. The van der Waals surface area contributed by atoms with Gasteiger partial charge in [0.15, 0.2) is 0 Å². The van der Waals surface area contributed by atoms with Crippen LogP contribution in [0.4, 0.5) is 0 Å². The van der Waals surface area contributed by atoms with Crippen molar-refractivity contribution in [1.82, 2.24) is 4.90 Å². The van der Waals surface area contributed by atoms with Crippen molar-refractivity contribution in [2.24, 2.45) is 0 Å². The first-order chi connectivity index (χ1) is 8.54. The van der Waals surface area contributed by atoms with Gasteiger partial charge in [-0.05, 0) is 24.6 Å². The van der Waals surface area contributed by atoms with Crippen LogP contribution in [0.3, 0.4) is 0 Å². The molecule has 0 radical (unpaired) electrons. The number of carbonyl (C=O) groups is 1. The van der Waals surface area contributed by atoms with Crippen LogP contribution in [0, 0.1) is 6.92 Å². The smallest absolute Gasteiger partial charge is 0.254 e. The molecule has 3 nitrogen and oxygen atoms in total. The second-order valence-electron chi connectivity index (χ2n) is 4.20. The Balaban J connectivity index is 2.29. The fourth-order valence-electron chi connectivity index (χ4n) is 1.90. The van der Waals surface area contributed by atoms with E-state index < -0.39 is 0 Å². The molecule has 0 fully saturated rings. The van der Waals surface area contributed by atoms with E-state index in [2.05, 4.69) is 0 Å². The fraction of sp³-hybridized carbons (Fsp3) is 0.308. The number of halogens is 2. The molecule has 0 aliphatic carbocycles. The van der Waals surface area contributed by atoms with Crippen molar-refractivity contribution in [1.29, 1.82) is 0 Å². The van der Waals surface area contributed by atoms with Gasteiger partial charge in [-0.1, -0.05) is 35.4 Å². The van der Waals surface area contributed by atoms with Gasteiger partial charge >= 0.3 is 0 Å². The van der Waals surface area contributed by atoms with Crippen LogP contribution < -0.4 is 0 Å². The third-order valence-electron chi connectivity index (χ3n) is 3.04. The summed E-state index contributed by atoms with van der Waals surface area (Å²) < 4.78 is 0. The molecule has 1 amide bonds. The summed E-state index contributed by atoms with van der Waals surface area (Å²) >= 11 is 12.0. The number of carbonyl (C=O) groups excluding carboxylic acids is 1. The van der Waals surface area contributed by atoms with Gasteiger partial charge in [0, 0.05) is 22.2 Å². The quantitative estimate of drug-likeness (QED) is 0.849. The topological polar surface area (TPSA) is 40.5 Å². The first kappa shape index (κ1) is 13.4. The molecule has 5 heteroatoms. The average molecular weight is 286 g/mol. The van der Waals surface area contributed by atoms with Crippen molar-refractivity contribution >= 4 is 29.1 Å². The summed E-state index contributed by atoms with van der Waals surface area (Å²) in [6.07, 6.45) is 3.67. The molecular weight excluding hydrogens is 273 g/mol. The van der Waals surface area contributed by atoms with Gasteiger partial charge in [-0.2, -0.15) is 0 Å². The van der Waals surface area contributed by atoms with E-state index in [0.717, 1.165) is 5.56 Å². The summed E-state index contributed by atoms with van der Waals surface area (Å²) in [4.78, 5) is 13.9. The van der Waals surface area contributed by atoms with Gasteiger partial charge < -0.3 is 10.0 Å². The number of rotatable bonds is 2. The predicted molar refractivity (Wildman–Crippen MR) is 72.2 cm³/mol. The van der Waals surface area contributed by atoms with E-state index in [1.807, 2.05) is 12.2 Å². The molecule has 0 aromatic heterocycles. The van der Waals surface area contributed by atoms with Gasteiger partial charge in [0.25, 0.3) is 5.91 Å². The molecule has 1 aliphatic heterocycles. The second-order valence-corrected chi connectivity index (χ2v) is 5.01. The molecule has 0 spiro atoms.